The van der Waals surface area contributed by atoms with Crippen LogP contribution >= 0.6 is 11.6 Å². The van der Waals surface area contributed by atoms with Crippen molar-refractivity contribution >= 4 is 23.0 Å². The molecule has 116 valence electrons. The van der Waals surface area contributed by atoms with Crippen LogP contribution in [0.5, 0.6) is 0 Å². The van der Waals surface area contributed by atoms with Gasteiger partial charge in [-0.1, -0.05) is 11.6 Å². The van der Waals surface area contributed by atoms with Crippen molar-refractivity contribution in [2.24, 2.45) is 0 Å². The van der Waals surface area contributed by atoms with Gasteiger partial charge in [-0.05, 0) is 6.07 Å². The number of likely N-dealkylation sites (N-methyl/N-ethyl adjacent to an activating group) is 1. The highest BCUT2D eigenvalue weighted by Crippen LogP contribution is 2.34. The van der Waals surface area contributed by atoms with Crippen molar-refractivity contribution in [2.75, 3.05) is 31.7 Å². The number of ether oxygens (including phenoxy) is 1. The molecule has 21 heavy (non-hydrogen) atoms. The number of benzene rings is 1. The number of nitrogens with zero attached hydrogens (tertiary/aromatic N) is 2. The van der Waals surface area contributed by atoms with Crippen molar-refractivity contribution in [3.05, 3.63) is 33.1 Å². The Labute approximate surface area is 126 Å². The zero-order valence-electron chi connectivity index (χ0n) is 11.5. The van der Waals surface area contributed by atoms with Gasteiger partial charge in [0.1, 0.15) is 11.5 Å². The molecule has 0 radical (unpaired) electrons. The molecule has 0 spiro atoms. The van der Waals surface area contributed by atoms with Gasteiger partial charge < -0.3 is 14.7 Å². The highest BCUT2D eigenvalue weighted by atomic mass is 35.5. The lowest BCUT2D eigenvalue weighted by molar-refractivity contribution is -0.384. The van der Waals surface area contributed by atoms with Gasteiger partial charge >= 0.3 is 0 Å². The van der Waals surface area contributed by atoms with Crippen LogP contribution in [-0.4, -0.2) is 42.4 Å². The maximum atomic E-state index is 13.4. The fourth-order valence-corrected chi connectivity index (χ4v) is 2.57. The standard InChI is InChI=1S/C13H16ClFN2O4/c1-16(8-13(18)2-4-21-5-3-13)11-6-9(14)10(15)7-12(11)17(19)20/h6-7,18H,2-5,8H2,1H3. The van der Waals surface area contributed by atoms with Gasteiger partial charge in [0.05, 0.1) is 21.6 Å². The third-order valence-electron chi connectivity index (χ3n) is 3.58. The predicted octanol–water partition coefficient (Wildman–Crippen LogP) is 2.37. The van der Waals surface area contributed by atoms with Crippen LogP contribution in [0.15, 0.2) is 12.1 Å². The van der Waals surface area contributed by atoms with Gasteiger partial charge in [0.2, 0.25) is 0 Å². The average Bonchev–Trinajstić information content (AvgIpc) is 2.41. The van der Waals surface area contributed by atoms with Gasteiger partial charge in [0, 0.05) is 39.6 Å². The lowest BCUT2D eigenvalue weighted by Crippen LogP contribution is -2.45. The first-order valence-electron chi connectivity index (χ1n) is 6.47. The van der Waals surface area contributed by atoms with Gasteiger partial charge in [0.25, 0.3) is 5.69 Å². The van der Waals surface area contributed by atoms with Gasteiger partial charge in [0.15, 0.2) is 0 Å². The second kappa shape index (κ2) is 6.13. The summed E-state index contributed by atoms with van der Waals surface area (Å²) in [5.74, 6) is -0.842. The first kappa shape index (κ1) is 15.9. The molecule has 6 nitrogen and oxygen atoms in total. The summed E-state index contributed by atoms with van der Waals surface area (Å²) in [4.78, 5) is 11.9. The van der Waals surface area contributed by atoms with E-state index in [1.165, 1.54) is 11.0 Å². The summed E-state index contributed by atoms with van der Waals surface area (Å²) in [6.45, 7) is 1.06. The Morgan fingerprint density at radius 1 is 1.52 bits per heavy atom. The summed E-state index contributed by atoms with van der Waals surface area (Å²) < 4.78 is 18.6. The summed E-state index contributed by atoms with van der Waals surface area (Å²) in [5, 5.41) is 21.3. The van der Waals surface area contributed by atoms with Crippen LogP contribution in [0, 0.1) is 15.9 Å². The number of hydrogen-bond acceptors (Lipinski definition) is 5. The number of halogens is 2. The molecular formula is C13H16ClFN2O4. The lowest BCUT2D eigenvalue weighted by atomic mass is 9.93. The number of aliphatic hydroxyl groups is 1. The molecule has 1 aromatic rings. The zero-order valence-corrected chi connectivity index (χ0v) is 12.3. The van der Waals surface area contributed by atoms with Crippen LogP contribution in [0.4, 0.5) is 15.8 Å². The van der Waals surface area contributed by atoms with Gasteiger partial charge in [-0.3, -0.25) is 10.1 Å². The smallest absolute Gasteiger partial charge is 0.295 e. The van der Waals surface area contributed by atoms with Crippen LogP contribution in [0.2, 0.25) is 5.02 Å². The molecule has 0 aromatic heterocycles. The summed E-state index contributed by atoms with van der Waals surface area (Å²) in [6, 6.07) is 2.00. The molecule has 2 rings (SSSR count). The van der Waals surface area contributed by atoms with E-state index in [1.807, 2.05) is 0 Å². The van der Waals surface area contributed by atoms with Gasteiger partial charge in [-0.2, -0.15) is 0 Å². The Morgan fingerprint density at radius 2 is 2.14 bits per heavy atom. The molecule has 1 heterocycles. The molecule has 1 aliphatic rings. The first-order valence-corrected chi connectivity index (χ1v) is 6.85. The second-order valence-corrected chi connectivity index (χ2v) is 5.61. The van der Waals surface area contributed by atoms with Crippen molar-refractivity contribution in [3.8, 4) is 0 Å². The molecule has 1 N–H and O–H groups in total. The monoisotopic (exact) mass is 318 g/mol. The summed E-state index contributed by atoms with van der Waals surface area (Å²) in [5.41, 5.74) is -1.19. The Balaban J connectivity index is 2.27. The number of nitro benzene ring substituents is 1. The molecule has 0 bridgehead atoms. The zero-order chi connectivity index (χ0) is 15.6. The van der Waals surface area contributed by atoms with Crippen molar-refractivity contribution in [1.29, 1.82) is 0 Å². The maximum Gasteiger partial charge on any atom is 0.295 e. The van der Waals surface area contributed by atoms with E-state index in [4.69, 9.17) is 16.3 Å². The maximum absolute atomic E-state index is 13.4. The lowest BCUT2D eigenvalue weighted by Gasteiger charge is -2.36. The highest BCUT2D eigenvalue weighted by molar-refractivity contribution is 6.31. The SMILES string of the molecule is CN(CC1(O)CCOCC1)c1cc(Cl)c(F)cc1[N+](=O)[O-]. The largest absolute Gasteiger partial charge is 0.388 e. The van der Waals surface area contributed by atoms with E-state index >= 15 is 0 Å². The van der Waals surface area contributed by atoms with E-state index in [1.54, 1.807) is 7.05 Å². The molecule has 8 heteroatoms. The molecule has 1 aliphatic heterocycles. The second-order valence-electron chi connectivity index (χ2n) is 5.20. The number of rotatable bonds is 4. The third kappa shape index (κ3) is 3.61. The van der Waals surface area contributed by atoms with Crippen LogP contribution < -0.4 is 4.90 Å². The molecule has 1 aromatic carbocycles. The minimum Gasteiger partial charge on any atom is -0.388 e. The molecule has 0 amide bonds. The van der Waals surface area contributed by atoms with Crippen LogP contribution in [-0.2, 0) is 4.74 Å². The quantitative estimate of drug-likeness (QED) is 0.681. The van der Waals surface area contributed by atoms with Gasteiger partial charge in [-0.15, -0.1) is 0 Å². The minimum absolute atomic E-state index is 0.173. The number of nitro groups is 1. The Hall–Kier alpha value is -1.44. The van der Waals surface area contributed by atoms with E-state index in [0.717, 1.165) is 6.07 Å². The molecule has 0 aliphatic carbocycles. The molecule has 0 saturated carbocycles. The molecular weight excluding hydrogens is 303 g/mol. The third-order valence-corrected chi connectivity index (χ3v) is 3.87. The Morgan fingerprint density at radius 3 is 2.71 bits per heavy atom. The fourth-order valence-electron chi connectivity index (χ4n) is 2.41. The Bertz CT molecular complexity index is 549. The topological polar surface area (TPSA) is 75.8 Å². The van der Waals surface area contributed by atoms with Gasteiger partial charge in [-0.25, -0.2) is 4.39 Å². The van der Waals surface area contributed by atoms with Crippen molar-refractivity contribution in [1.82, 2.24) is 0 Å². The van der Waals surface area contributed by atoms with E-state index in [2.05, 4.69) is 0 Å². The summed E-state index contributed by atoms with van der Waals surface area (Å²) in [6.07, 6.45) is 0.889. The first-order chi connectivity index (χ1) is 9.82. The van der Waals surface area contributed by atoms with Crippen LogP contribution in [0.25, 0.3) is 0 Å². The van der Waals surface area contributed by atoms with Crippen LogP contribution in [0.3, 0.4) is 0 Å². The van der Waals surface area contributed by atoms with E-state index in [9.17, 15) is 19.6 Å². The normalized spacial score (nSPS) is 17.5. The van der Waals surface area contributed by atoms with E-state index in [-0.39, 0.29) is 22.9 Å². The Kier molecular flexibility index (Phi) is 4.65. The average molecular weight is 319 g/mol. The summed E-state index contributed by atoms with van der Waals surface area (Å²) in [7, 11) is 1.60. The molecule has 1 fully saturated rings. The fraction of sp³-hybridized carbons (Fsp3) is 0.538. The molecule has 0 unspecified atom stereocenters. The van der Waals surface area contributed by atoms with Crippen molar-refractivity contribution < 1.29 is 19.2 Å². The minimum atomic E-state index is -0.984. The molecule has 1 saturated heterocycles. The number of anilines is 1. The van der Waals surface area contributed by atoms with Crippen molar-refractivity contribution in [3.63, 3.8) is 0 Å². The predicted molar refractivity (Wildman–Crippen MR) is 76.3 cm³/mol. The van der Waals surface area contributed by atoms with Crippen LogP contribution in [0.1, 0.15) is 12.8 Å². The number of hydrogen-bond donors (Lipinski definition) is 1. The van der Waals surface area contributed by atoms with Crippen molar-refractivity contribution in [2.45, 2.75) is 18.4 Å². The highest BCUT2D eigenvalue weighted by Gasteiger charge is 2.33. The van der Waals surface area contributed by atoms with E-state index in [0.29, 0.717) is 26.1 Å². The van der Waals surface area contributed by atoms with E-state index < -0.39 is 16.3 Å². The molecule has 0 atom stereocenters. The summed E-state index contributed by atoms with van der Waals surface area (Å²) >= 11 is 5.71.